The zero-order chi connectivity index (χ0) is 28.3. The number of nitrogens with one attached hydrogen (secondary N) is 1. The van der Waals surface area contributed by atoms with E-state index in [2.05, 4.69) is 21.8 Å². The molecule has 9 heteroatoms. The highest BCUT2D eigenvalue weighted by Crippen LogP contribution is 2.45. The van der Waals surface area contributed by atoms with Crippen LogP contribution >= 0.6 is 0 Å². The number of carbonyl (C=O) groups excluding carboxylic acids is 1. The number of rotatable bonds is 6. The second-order valence-corrected chi connectivity index (χ2v) is 13.8. The summed E-state index contributed by atoms with van der Waals surface area (Å²) in [6, 6.07) is 21.4. The van der Waals surface area contributed by atoms with Gasteiger partial charge in [0.15, 0.2) is 5.60 Å². The number of ether oxygens (including phenoxy) is 1. The molecule has 0 saturated carbocycles. The summed E-state index contributed by atoms with van der Waals surface area (Å²) in [5.41, 5.74) is 0.986. The van der Waals surface area contributed by atoms with Crippen LogP contribution in [-0.4, -0.2) is 51.3 Å². The van der Waals surface area contributed by atoms with E-state index in [0.29, 0.717) is 35.2 Å². The first kappa shape index (κ1) is 27.0. The molecule has 2 N–H and O–H groups in total. The third-order valence-corrected chi connectivity index (χ3v) is 9.82. The molecule has 3 aliphatic rings. The minimum atomic E-state index is -3.75. The van der Waals surface area contributed by atoms with Gasteiger partial charge in [0.05, 0.1) is 30.3 Å². The van der Waals surface area contributed by atoms with Gasteiger partial charge in [0, 0.05) is 41.7 Å². The highest BCUT2D eigenvalue weighted by atomic mass is 32.2. The van der Waals surface area contributed by atoms with E-state index in [1.165, 1.54) is 30.0 Å². The van der Waals surface area contributed by atoms with Crippen LogP contribution in [0.3, 0.4) is 0 Å². The van der Waals surface area contributed by atoms with Crippen molar-refractivity contribution in [2.75, 3.05) is 36.1 Å². The molecule has 3 unspecified atom stereocenters. The molecule has 0 spiro atoms. The molecule has 0 aliphatic carbocycles. The largest absolute Gasteiger partial charge is 0.381 e. The molecular weight excluding hydrogens is 526 g/mol. The normalized spacial score (nSPS) is 24.4. The Morgan fingerprint density at radius 3 is 2.20 bits per heavy atom. The molecule has 1 amide bonds. The van der Waals surface area contributed by atoms with Crippen molar-refractivity contribution in [2.24, 2.45) is 11.8 Å². The van der Waals surface area contributed by atoms with Gasteiger partial charge in [-0.05, 0) is 62.2 Å². The maximum Gasteiger partial charge on any atom is 0.268 e. The van der Waals surface area contributed by atoms with Crippen LogP contribution in [0.25, 0.3) is 0 Å². The molecule has 3 aromatic rings. The van der Waals surface area contributed by atoms with E-state index in [1.54, 1.807) is 37.8 Å². The summed E-state index contributed by atoms with van der Waals surface area (Å²) in [5.74, 6) is 0.730. The lowest BCUT2D eigenvalue weighted by molar-refractivity contribution is -0.132. The van der Waals surface area contributed by atoms with Crippen LogP contribution in [0, 0.1) is 11.8 Å². The van der Waals surface area contributed by atoms with E-state index < -0.39 is 27.1 Å². The lowest BCUT2D eigenvalue weighted by Crippen LogP contribution is -2.41. The van der Waals surface area contributed by atoms with Crippen LogP contribution in [0.1, 0.15) is 37.5 Å². The molecule has 3 heterocycles. The van der Waals surface area contributed by atoms with Crippen molar-refractivity contribution in [1.29, 1.82) is 0 Å². The average molecular weight is 562 g/mol. The summed E-state index contributed by atoms with van der Waals surface area (Å²) < 4.78 is 33.8. The van der Waals surface area contributed by atoms with Gasteiger partial charge >= 0.3 is 0 Å². The molecule has 3 atom stereocenters. The van der Waals surface area contributed by atoms with Gasteiger partial charge in [-0.15, -0.1) is 0 Å². The monoisotopic (exact) mass is 561 g/mol. The molecule has 0 bridgehead atoms. The van der Waals surface area contributed by atoms with E-state index in [4.69, 9.17) is 4.74 Å². The molecule has 3 aliphatic heterocycles. The molecule has 0 radical (unpaired) electrons. The molecular formula is C31H35N3O5S. The Hall–Kier alpha value is -3.24. The average Bonchev–Trinajstić information content (AvgIpc) is 3.58. The Bertz CT molecular complexity index is 1520. The van der Waals surface area contributed by atoms with Crippen LogP contribution < -0.4 is 14.5 Å². The predicted molar refractivity (Wildman–Crippen MR) is 154 cm³/mol. The first-order valence-electron chi connectivity index (χ1n) is 13.7. The SMILES string of the molecule is CC(C)(C)NS(=O)(=O)c1ccc(C2(O)C(=O)N(Cc3ccc(N4CC5COCC5C4)cc3)c3ccccc32)cc1. The maximum atomic E-state index is 13.9. The number of sulfonamides is 1. The van der Waals surface area contributed by atoms with E-state index >= 15 is 0 Å². The number of hydrogen-bond donors (Lipinski definition) is 2. The first-order chi connectivity index (χ1) is 19.0. The lowest BCUT2D eigenvalue weighted by Gasteiger charge is -2.25. The quantitative estimate of drug-likeness (QED) is 0.477. The number of aliphatic hydroxyl groups is 1. The van der Waals surface area contributed by atoms with E-state index in [-0.39, 0.29) is 4.90 Å². The maximum absolute atomic E-state index is 13.9. The van der Waals surface area contributed by atoms with Crippen molar-refractivity contribution in [2.45, 2.75) is 43.4 Å². The van der Waals surface area contributed by atoms with Crippen LogP contribution in [0.15, 0.2) is 77.7 Å². The van der Waals surface area contributed by atoms with Crippen LogP contribution in [-0.2, 0) is 31.7 Å². The van der Waals surface area contributed by atoms with Crippen molar-refractivity contribution in [3.8, 4) is 0 Å². The Morgan fingerprint density at radius 1 is 0.950 bits per heavy atom. The third kappa shape index (κ3) is 4.71. The number of nitrogens with zero attached hydrogens (tertiary/aromatic N) is 2. The number of carbonyl (C=O) groups is 1. The fraction of sp³-hybridized carbons (Fsp3) is 0.387. The van der Waals surface area contributed by atoms with E-state index in [0.717, 1.165) is 31.9 Å². The van der Waals surface area contributed by atoms with Crippen molar-refractivity contribution >= 4 is 27.3 Å². The summed E-state index contributed by atoms with van der Waals surface area (Å²) in [6.45, 7) is 9.29. The predicted octanol–water partition coefficient (Wildman–Crippen LogP) is 3.63. The molecule has 210 valence electrons. The van der Waals surface area contributed by atoms with E-state index in [1.807, 2.05) is 24.3 Å². The summed E-state index contributed by atoms with van der Waals surface area (Å²) in [4.78, 5) is 17.9. The number of anilines is 2. The second kappa shape index (κ2) is 9.69. The highest BCUT2D eigenvalue weighted by Gasteiger charge is 2.51. The molecule has 6 rings (SSSR count). The summed E-state index contributed by atoms with van der Waals surface area (Å²) in [5, 5.41) is 11.9. The number of hydrogen-bond acceptors (Lipinski definition) is 6. The minimum Gasteiger partial charge on any atom is -0.381 e. The Labute approximate surface area is 235 Å². The molecule has 3 aromatic carbocycles. The molecule has 8 nitrogen and oxygen atoms in total. The fourth-order valence-electron chi connectivity index (χ4n) is 6.10. The van der Waals surface area contributed by atoms with Gasteiger partial charge in [0.25, 0.3) is 5.91 Å². The Morgan fingerprint density at radius 2 is 1.57 bits per heavy atom. The zero-order valence-corrected chi connectivity index (χ0v) is 23.8. The summed E-state index contributed by atoms with van der Waals surface area (Å²) in [7, 11) is -3.75. The molecule has 2 fully saturated rings. The Kier molecular flexibility index (Phi) is 6.53. The lowest BCUT2D eigenvalue weighted by atomic mass is 9.87. The van der Waals surface area contributed by atoms with Crippen LogP contribution in [0.4, 0.5) is 11.4 Å². The van der Waals surface area contributed by atoms with Gasteiger partial charge in [-0.1, -0.05) is 42.5 Å². The summed E-state index contributed by atoms with van der Waals surface area (Å²) in [6.07, 6.45) is 0. The van der Waals surface area contributed by atoms with Crippen molar-refractivity contribution in [3.63, 3.8) is 0 Å². The van der Waals surface area contributed by atoms with Gasteiger partial charge in [-0.3, -0.25) is 4.79 Å². The van der Waals surface area contributed by atoms with Gasteiger partial charge in [0.1, 0.15) is 0 Å². The van der Waals surface area contributed by atoms with Gasteiger partial charge in [-0.25, -0.2) is 13.1 Å². The van der Waals surface area contributed by atoms with Crippen LogP contribution in [0.2, 0.25) is 0 Å². The van der Waals surface area contributed by atoms with Crippen molar-refractivity contribution < 1.29 is 23.1 Å². The molecule has 2 saturated heterocycles. The number of fused-ring (bicyclic) bond motifs is 2. The van der Waals surface area contributed by atoms with Gasteiger partial charge < -0.3 is 19.6 Å². The number of para-hydroxylation sites is 1. The van der Waals surface area contributed by atoms with Crippen molar-refractivity contribution in [3.05, 3.63) is 89.5 Å². The standard InChI is InChI=1S/C31H35N3O5S/c1-30(2,3)32-40(37,38)26-14-10-24(11-15-26)31(36)27-6-4-5-7-28(27)34(29(31)35)16-21-8-12-25(13-9-21)33-17-22-19-39-20-23(22)18-33/h4-15,22-23,32,36H,16-20H2,1-3H3. The van der Waals surface area contributed by atoms with E-state index in [9.17, 15) is 18.3 Å². The first-order valence-corrected chi connectivity index (χ1v) is 15.1. The summed E-state index contributed by atoms with van der Waals surface area (Å²) >= 11 is 0. The Balaban J connectivity index is 1.24. The van der Waals surface area contributed by atoms with Gasteiger partial charge in [0.2, 0.25) is 10.0 Å². The molecule has 0 aromatic heterocycles. The third-order valence-electron chi connectivity index (χ3n) is 8.04. The van der Waals surface area contributed by atoms with Crippen molar-refractivity contribution in [1.82, 2.24) is 4.72 Å². The number of benzene rings is 3. The minimum absolute atomic E-state index is 0.0691. The second-order valence-electron chi connectivity index (χ2n) is 12.1. The molecule has 40 heavy (non-hydrogen) atoms. The van der Waals surface area contributed by atoms with Crippen LogP contribution in [0.5, 0.6) is 0 Å². The topological polar surface area (TPSA) is 99.2 Å². The smallest absolute Gasteiger partial charge is 0.268 e. The number of amides is 1. The zero-order valence-electron chi connectivity index (χ0n) is 23.0. The fourth-order valence-corrected chi connectivity index (χ4v) is 7.52. The highest BCUT2D eigenvalue weighted by molar-refractivity contribution is 7.89. The van der Waals surface area contributed by atoms with Gasteiger partial charge in [-0.2, -0.15) is 0 Å².